The highest BCUT2D eigenvalue weighted by molar-refractivity contribution is 7.26. The minimum atomic E-state index is -0.521. The van der Waals surface area contributed by atoms with Crippen LogP contribution in [0.1, 0.15) is 22.3 Å². The number of anilines is 3. The van der Waals surface area contributed by atoms with Crippen LogP contribution in [-0.2, 0) is 5.41 Å². The molecule has 2 heterocycles. The van der Waals surface area contributed by atoms with Crippen molar-refractivity contribution in [1.82, 2.24) is 4.57 Å². The Labute approximate surface area is 410 Å². The van der Waals surface area contributed by atoms with Crippen molar-refractivity contribution in [3.05, 3.63) is 277 Å². The lowest BCUT2D eigenvalue weighted by molar-refractivity contribution is 0.793. The van der Waals surface area contributed by atoms with Crippen LogP contribution >= 0.6 is 11.3 Å². The standard InChI is InChI=1S/C67H42N2S/c1-2-17-45(18-3-1)69-60-31-12-7-23-56(60)64-48(24-15-32-61(64)69)43-35-39-46(40-36-43)68(47-41-37-44(38-42-47)49-25-14-27-55-53-22-8-13-34-63(53)70-66(49)55)62-33-16-26-54-52-21-6-11-30-59(52)67(65(54)62)57-28-9-4-19-50(57)51-20-5-10-29-58(51)67/h1-42H. The Hall–Kier alpha value is -8.76. The van der Waals surface area contributed by atoms with Crippen molar-refractivity contribution in [1.29, 1.82) is 0 Å². The molecule has 0 fully saturated rings. The van der Waals surface area contributed by atoms with Crippen molar-refractivity contribution < 1.29 is 0 Å². The maximum absolute atomic E-state index is 2.52. The lowest BCUT2D eigenvalue weighted by Gasteiger charge is -2.36. The normalized spacial score (nSPS) is 13.0. The molecule has 2 aliphatic rings. The highest BCUT2D eigenvalue weighted by Gasteiger charge is 2.53. The molecule has 0 radical (unpaired) electrons. The van der Waals surface area contributed by atoms with E-state index in [-0.39, 0.29) is 0 Å². The zero-order valence-corrected chi connectivity index (χ0v) is 38.9. The van der Waals surface area contributed by atoms with Gasteiger partial charge in [-0.25, -0.2) is 0 Å². The number of para-hydroxylation sites is 2. The molecule has 2 nitrogen and oxygen atoms in total. The zero-order chi connectivity index (χ0) is 45.9. The lowest BCUT2D eigenvalue weighted by atomic mass is 9.70. The van der Waals surface area contributed by atoms with Crippen molar-refractivity contribution in [3.8, 4) is 50.2 Å². The third kappa shape index (κ3) is 5.44. The molecule has 0 N–H and O–H groups in total. The van der Waals surface area contributed by atoms with E-state index in [4.69, 9.17) is 0 Å². The minimum Gasteiger partial charge on any atom is -0.310 e. The number of hydrogen-bond acceptors (Lipinski definition) is 2. The molecule has 1 spiro atoms. The summed E-state index contributed by atoms with van der Waals surface area (Å²) in [5.74, 6) is 0. The van der Waals surface area contributed by atoms with Gasteiger partial charge in [0.2, 0.25) is 0 Å². The molecule has 3 heteroatoms. The van der Waals surface area contributed by atoms with Crippen molar-refractivity contribution in [2.45, 2.75) is 5.41 Å². The fourth-order valence-corrected chi connectivity index (χ4v) is 13.7. The van der Waals surface area contributed by atoms with Crippen LogP contribution in [0.4, 0.5) is 17.1 Å². The molecule has 13 aromatic rings. The summed E-state index contributed by atoms with van der Waals surface area (Å²) in [6.07, 6.45) is 0. The average molecular weight is 907 g/mol. The van der Waals surface area contributed by atoms with Gasteiger partial charge in [0.15, 0.2) is 0 Å². The Kier molecular flexibility index (Phi) is 8.48. The second-order valence-electron chi connectivity index (χ2n) is 18.7. The molecule has 2 aromatic heterocycles. The van der Waals surface area contributed by atoms with Crippen LogP contribution in [-0.4, -0.2) is 4.57 Å². The molecule has 11 aromatic carbocycles. The van der Waals surface area contributed by atoms with Crippen LogP contribution in [0.5, 0.6) is 0 Å². The summed E-state index contributed by atoms with van der Waals surface area (Å²) in [5.41, 5.74) is 21.8. The molecule has 326 valence electrons. The number of nitrogens with zero attached hydrogens (tertiary/aromatic N) is 2. The number of thiophene rings is 1. The predicted octanol–water partition coefficient (Wildman–Crippen LogP) is 18.3. The molecule has 0 unspecified atom stereocenters. The Morgan fingerprint density at radius 1 is 0.343 bits per heavy atom. The van der Waals surface area contributed by atoms with Gasteiger partial charge in [-0.1, -0.05) is 194 Å². The van der Waals surface area contributed by atoms with E-state index in [2.05, 4.69) is 264 Å². The van der Waals surface area contributed by atoms with E-state index in [1.807, 2.05) is 11.3 Å². The third-order valence-electron chi connectivity index (χ3n) is 15.2. The number of fused-ring (bicyclic) bond motifs is 16. The largest absolute Gasteiger partial charge is 0.310 e. The van der Waals surface area contributed by atoms with E-state index in [0.717, 1.165) is 17.1 Å². The summed E-state index contributed by atoms with van der Waals surface area (Å²) in [7, 11) is 0. The highest BCUT2D eigenvalue weighted by Crippen LogP contribution is 2.65. The van der Waals surface area contributed by atoms with Crippen molar-refractivity contribution in [2.24, 2.45) is 0 Å². The van der Waals surface area contributed by atoms with Gasteiger partial charge in [-0.3, -0.25) is 0 Å². The van der Waals surface area contributed by atoms with E-state index in [1.165, 1.54) is 114 Å². The van der Waals surface area contributed by atoms with E-state index in [0.29, 0.717) is 0 Å². The molecule has 0 saturated heterocycles. The molecule has 0 amide bonds. The van der Waals surface area contributed by atoms with Gasteiger partial charge in [-0.15, -0.1) is 11.3 Å². The Morgan fingerprint density at radius 3 is 1.53 bits per heavy atom. The van der Waals surface area contributed by atoms with Crippen LogP contribution in [0.15, 0.2) is 255 Å². The van der Waals surface area contributed by atoms with E-state index in [9.17, 15) is 0 Å². The van der Waals surface area contributed by atoms with Gasteiger partial charge in [0, 0.05) is 53.6 Å². The van der Waals surface area contributed by atoms with Gasteiger partial charge < -0.3 is 9.47 Å². The van der Waals surface area contributed by atoms with Crippen LogP contribution in [0.25, 0.3) is 92.2 Å². The molecule has 70 heavy (non-hydrogen) atoms. The Bertz CT molecular complexity index is 4170. The molecule has 0 saturated carbocycles. The first-order valence-electron chi connectivity index (χ1n) is 24.2. The van der Waals surface area contributed by atoms with Gasteiger partial charge in [-0.05, 0) is 122 Å². The first-order chi connectivity index (χ1) is 34.8. The SMILES string of the molecule is c1ccc(-n2c3ccccc3c3c(-c4ccc(N(c5ccc(-c6cccc7c6sc6ccccc67)cc5)c5cccc6c5C5(c7ccccc7-c7ccccc75)c5ccccc5-6)cc4)cccc32)cc1. The van der Waals surface area contributed by atoms with Gasteiger partial charge in [0.25, 0.3) is 0 Å². The molecule has 2 aliphatic carbocycles. The summed E-state index contributed by atoms with van der Waals surface area (Å²) in [4.78, 5) is 2.52. The maximum atomic E-state index is 2.52. The van der Waals surface area contributed by atoms with Gasteiger partial charge in [0.05, 0.1) is 22.1 Å². The molecule has 0 aliphatic heterocycles. The van der Waals surface area contributed by atoms with Crippen molar-refractivity contribution in [3.63, 3.8) is 0 Å². The fraction of sp³-hybridized carbons (Fsp3) is 0.0149. The van der Waals surface area contributed by atoms with E-state index in [1.54, 1.807) is 0 Å². The second kappa shape index (κ2) is 15.1. The summed E-state index contributed by atoms with van der Waals surface area (Å²) >= 11 is 1.88. The van der Waals surface area contributed by atoms with Crippen LogP contribution in [0.3, 0.4) is 0 Å². The Morgan fingerprint density at radius 2 is 0.829 bits per heavy atom. The first kappa shape index (κ1) is 39.3. The smallest absolute Gasteiger partial charge is 0.0746 e. The van der Waals surface area contributed by atoms with Gasteiger partial charge >= 0.3 is 0 Å². The highest BCUT2D eigenvalue weighted by atomic mass is 32.1. The number of aromatic nitrogens is 1. The van der Waals surface area contributed by atoms with E-state index < -0.39 is 5.41 Å². The number of benzene rings is 11. The molecule has 15 rings (SSSR count). The molecular weight excluding hydrogens is 865 g/mol. The van der Waals surface area contributed by atoms with Crippen LogP contribution < -0.4 is 4.90 Å². The second-order valence-corrected chi connectivity index (χ2v) is 19.7. The van der Waals surface area contributed by atoms with Gasteiger partial charge in [-0.2, -0.15) is 0 Å². The summed E-state index contributed by atoms with van der Waals surface area (Å²) in [5, 5.41) is 5.13. The quantitative estimate of drug-likeness (QED) is 0.161. The van der Waals surface area contributed by atoms with Crippen LogP contribution in [0.2, 0.25) is 0 Å². The van der Waals surface area contributed by atoms with Crippen molar-refractivity contribution in [2.75, 3.05) is 4.90 Å². The Balaban J connectivity index is 0.948. The zero-order valence-electron chi connectivity index (χ0n) is 38.1. The topological polar surface area (TPSA) is 8.17 Å². The summed E-state index contributed by atoms with van der Waals surface area (Å²) in [6, 6.07) is 94.8. The lowest BCUT2D eigenvalue weighted by Crippen LogP contribution is -2.28. The number of hydrogen-bond donors (Lipinski definition) is 0. The van der Waals surface area contributed by atoms with E-state index >= 15 is 0 Å². The minimum absolute atomic E-state index is 0.521. The number of rotatable bonds is 6. The molecular formula is C67H42N2S. The summed E-state index contributed by atoms with van der Waals surface area (Å²) in [6.45, 7) is 0. The van der Waals surface area contributed by atoms with Crippen LogP contribution in [0, 0.1) is 0 Å². The van der Waals surface area contributed by atoms with Crippen molar-refractivity contribution >= 4 is 70.4 Å². The summed E-state index contributed by atoms with van der Waals surface area (Å²) < 4.78 is 5.04. The molecule has 0 bridgehead atoms. The third-order valence-corrected chi connectivity index (χ3v) is 16.4. The molecule has 0 atom stereocenters. The fourth-order valence-electron chi connectivity index (χ4n) is 12.4. The monoisotopic (exact) mass is 906 g/mol. The average Bonchev–Trinajstić information content (AvgIpc) is 4.16. The first-order valence-corrected chi connectivity index (χ1v) is 25.0. The van der Waals surface area contributed by atoms with Gasteiger partial charge in [0.1, 0.15) is 0 Å². The predicted molar refractivity (Wildman–Crippen MR) is 296 cm³/mol. The maximum Gasteiger partial charge on any atom is 0.0746 e.